The van der Waals surface area contributed by atoms with E-state index in [-0.39, 0.29) is 18.2 Å². The van der Waals surface area contributed by atoms with Crippen LogP contribution in [0.1, 0.15) is 44.4 Å². The van der Waals surface area contributed by atoms with Gasteiger partial charge in [0.1, 0.15) is 0 Å². The molecule has 1 aromatic heterocycles. The van der Waals surface area contributed by atoms with E-state index < -0.39 is 0 Å². The highest BCUT2D eigenvalue weighted by Crippen LogP contribution is 2.20. The second-order valence-electron chi connectivity index (χ2n) is 4.67. The van der Waals surface area contributed by atoms with Crippen molar-refractivity contribution in [2.45, 2.75) is 45.7 Å². The van der Waals surface area contributed by atoms with Crippen LogP contribution in [0.25, 0.3) is 0 Å². The summed E-state index contributed by atoms with van der Waals surface area (Å²) in [6.07, 6.45) is 4.59. The molecule has 1 heterocycles. The molecule has 1 rings (SSSR count). The molecule has 1 aromatic rings. The van der Waals surface area contributed by atoms with Crippen LogP contribution in [0.15, 0.2) is 18.5 Å². The number of aromatic nitrogens is 1. The van der Waals surface area contributed by atoms with E-state index in [1.165, 1.54) is 11.1 Å². The Hall–Kier alpha value is -0.930. The second kappa shape index (κ2) is 5.41. The zero-order valence-corrected chi connectivity index (χ0v) is 10.6. The van der Waals surface area contributed by atoms with E-state index in [0.29, 0.717) is 0 Å². The number of aliphatic hydroxyl groups is 1. The van der Waals surface area contributed by atoms with Crippen LogP contribution < -0.4 is 5.32 Å². The summed E-state index contributed by atoms with van der Waals surface area (Å²) in [5.74, 6) is 0. The lowest BCUT2D eigenvalue weighted by Crippen LogP contribution is -2.46. The fourth-order valence-electron chi connectivity index (χ4n) is 1.79. The number of nitrogens with one attached hydrogen (secondary N) is 1. The van der Waals surface area contributed by atoms with Crippen molar-refractivity contribution in [3.63, 3.8) is 0 Å². The van der Waals surface area contributed by atoms with Crippen LogP contribution in [0, 0.1) is 6.92 Å². The van der Waals surface area contributed by atoms with Crippen molar-refractivity contribution in [3.8, 4) is 0 Å². The molecule has 0 saturated heterocycles. The lowest BCUT2D eigenvalue weighted by Gasteiger charge is -2.31. The van der Waals surface area contributed by atoms with Crippen LogP contribution in [0.3, 0.4) is 0 Å². The summed E-state index contributed by atoms with van der Waals surface area (Å²) >= 11 is 0. The maximum atomic E-state index is 9.37. The minimum Gasteiger partial charge on any atom is -0.394 e. The zero-order chi connectivity index (χ0) is 12.2. The summed E-state index contributed by atoms with van der Waals surface area (Å²) in [5.41, 5.74) is 2.20. The number of aryl methyl sites for hydroxylation is 1. The van der Waals surface area contributed by atoms with E-state index in [9.17, 15) is 5.11 Å². The second-order valence-corrected chi connectivity index (χ2v) is 4.67. The summed E-state index contributed by atoms with van der Waals surface area (Å²) in [4.78, 5) is 4.15. The Bertz CT molecular complexity index is 334. The Morgan fingerprint density at radius 1 is 1.56 bits per heavy atom. The van der Waals surface area contributed by atoms with Gasteiger partial charge in [-0.1, -0.05) is 6.92 Å². The Morgan fingerprint density at radius 3 is 2.75 bits per heavy atom. The van der Waals surface area contributed by atoms with Gasteiger partial charge in [0.05, 0.1) is 6.61 Å². The molecule has 90 valence electrons. The van der Waals surface area contributed by atoms with E-state index in [1.54, 1.807) is 6.20 Å². The third kappa shape index (κ3) is 3.03. The standard InChI is InChI=1S/C13H22N2O/c1-5-13(4,9-16)15-11(3)12-8-14-7-6-10(12)2/h6-8,11,15-16H,5,9H2,1-4H3. The number of hydrogen-bond acceptors (Lipinski definition) is 3. The Balaban J connectivity index is 2.80. The molecule has 0 aliphatic rings. The fourth-order valence-corrected chi connectivity index (χ4v) is 1.79. The number of pyridine rings is 1. The molecule has 0 amide bonds. The molecule has 2 N–H and O–H groups in total. The molecule has 0 aromatic carbocycles. The highest BCUT2D eigenvalue weighted by Gasteiger charge is 2.23. The van der Waals surface area contributed by atoms with Crippen LogP contribution in [0.2, 0.25) is 0 Å². The number of hydrogen-bond donors (Lipinski definition) is 2. The molecule has 2 unspecified atom stereocenters. The van der Waals surface area contributed by atoms with Gasteiger partial charge in [-0.3, -0.25) is 4.98 Å². The van der Waals surface area contributed by atoms with Gasteiger partial charge in [0.15, 0.2) is 0 Å². The van der Waals surface area contributed by atoms with Gasteiger partial charge in [-0.25, -0.2) is 0 Å². The largest absolute Gasteiger partial charge is 0.394 e. The summed E-state index contributed by atoms with van der Waals surface area (Å²) < 4.78 is 0. The molecule has 0 radical (unpaired) electrons. The molecule has 0 aliphatic heterocycles. The third-order valence-corrected chi connectivity index (χ3v) is 3.24. The van der Waals surface area contributed by atoms with Gasteiger partial charge in [-0.2, -0.15) is 0 Å². The van der Waals surface area contributed by atoms with Gasteiger partial charge in [0, 0.05) is 24.0 Å². The van der Waals surface area contributed by atoms with Gasteiger partial charge in [-0.05, 0) is 44.4 Å². The normalized spacial score (nSPS) is 16.8. The van der Waals surface area contributed by atoms with E-state index in [0.717, 1.165) is 6.42 Å². The van der Waals surface area contributed by atoms with Crippen molar-refractivity contribution in [3.05, 3.63) is 29.6 Å². The predicted molar refractivity (Wildman–Crippen MR) is 66.3 cm³/mol. The predicted octanol–water partition coefficient (Wildman–Crippen LogP) is 2.20. The monoisotopic (exact) mass is 222 g/mol. The Kier molecular flexibility index (Phi) is 4.44. The minimum absolute atomic E-state index is 0.146. The smallest absolute Gasteiger partial charge is 0.0610 e. The van der Waals surface area contributed by atoms with Gasteiger partial charge in [0.2, 0.25) is 0 Å². The van der Waals surface area contributed by atoms with E-state index in [4.69, 9.17) is 0 Å². The SMILES string of the molecule is CCC(C)(CO)NC(C)c1cnccc1C. The Labute approximate surface area is 97.9 Å². The van der Waals surface area contributed by atoms with E-state index >= 15 is 0 Å². The molecule has 3 nitrogen and oxygen atoms in total. The summed E-state index contributed by atoms with van der Waals surface area (Å²) in [7, 11) is 0. The van der Waals surface area contributed by atoms with Crippen LogP contribution in [-0.2, 0) is 0 Å². The van der Waals surface area contributed by atoms with E-state index in [1.807, 2.05) is 19.2 Å². The first-order chi connectivity index (χ1) is 7.52. The third-order valence-electron chi connectivity index (χ3n) is 3.24. The van der Waals surface area contributed by atoms with Crippen LogP contribution in [0.5, 0.6) is 0 Å². The lowest BCUT2D eigenvalue weighted by molar-refractivity contribution is 0.159. The molecule has 0 aliphatic carbocycles. The quantitative estimate of drug-likeness (QED) is 0.803. The molecule has 0 spiro atoms. The van der Waals surface area contributed by atoms with Crippen molar-refractivity contribution in [2.75, 3.05) is 6.61 Å². The number of rotatable bonds is 5. The summed E-state index contributed by atoms with van der Waals surface area (Å²) in [6.45, 7) is 8.44. The van der Waals surface area contributed by atoms with Gasteiger partial charge in [-0.15, -0.1) is 0 Å². The highest BCUT2D eigenvalue weighted by atomic mass is 16.3. The minimum atomic E-state index is -0.221. The highest BCUT2D eigenvalue weighted by molar-refractivity contribution is 5.24. The van der Waals surface area contributed by atoms with Gasteiger partial charge in [0.25, 0.3) is 0 Å². The molecule has 16 heavy (non-hydrogen) atoms. The maximum Gasteiger partial charge on any atom is 0.0610 e. The molecule has 3 heteroatoms. The van der Waals surface area contributed by atoms with Gasteiger partial charge < -0.3 is 10.4 Å². The first-order valence-electron chi connectivity index (χ1n) is 5.81. The van der Waals surface area contributed by atoms with Crippen LogP contribution in [-0.4, -0.2) is 22.2 Å². The zero-order valence-electron chi connectivity index (χ0n) is 10.6. The number of aliphatic hydroxyl groups excluding tert-OH is 1. The molecule has 0 saturated carbocycles. The maximum absolute atomic E-state index is 9.37. The van der Waals surface area contributed by atoms with Gasteiger partial charge >= 0.3 is 0 Å². The molecular weight excluding hydrogens is 200 g/mol. The first kappa shape index (κ1) is 13.1. The lowest BCUT2D eigenvalue weighted by atomic mass is 9.96. The number of nitrogens with zero attached hydrogens (tertiary/aromatic N) is 1. The summed E-state index contributed by atoms with van der Waals surface area (Å²) in [5, 5.41) is 12.8. The summed E-state index contributed by atoms with van der Waals surface area (Å²) in [6, 6.07) is 2.21. The van der Waals surface area contributed by atoms with Crippen molar-refractivity contribution in [1.82, 2.24) is 10.3 Å². The first-order valence-corrected chi connectivity index (χ1v) is 5.81. The van der Waals surface area contributed by atoms with Crippen LogP contribution in [0.4, 0.5) is 0 Å². The Morgan fingerprint density at radius 2 is 2.25 bits per heavy atom. The van der Waals surface area contributed by atoms with Crippen molar-refractivity contribution >= 4 is 0 Å². The molecule has 0 fully saturated rings. The van der Waals surface area contributed by atoms with Crippen molar-refractivity contribution in [2.24, 2.45) is 0 Å². The van der Waals surface area contributed by atoms with Crippen LogP contribution >= 0.6 is 0 Å². The van der Waals surface area contributed by atoms with Crippen molar-refractivity contribution < 1.29 is 5.11 Å². The van der Waals surface area contributed by atoms with E-state index in [2.05, 4.69) is 31.1 Å². The van der Waals surface area contributed by atoms with Crippen molar-refractivity contribution in [1.29, 1.82) is 0 Å². The molecule has 0 bridgehead atoms. The molecular formula is C13H22N2O. The average molecular weight is 222 g/mol. The average Bonchev–Trinajstić information content (AvgIpc) is 2.29. The molecule has 2 atom stereocenters. The topological polar surface area (TPSA) is 45.1 Å². The fraction of sp³-hybridized carbons (Fsp3) is 0.615.